The zero-order valence-corrected chi connectivity index (χ0v) is 15.3. The maximum atomic E-state index is 13.3. The molecule has 28 heavy (non-hydrogen) atoms. The summed E-state index contributed by atoms with van der Waals surface area (Å²) in [6, 6.07) is 10.5. The number of hydrogen-bond donors (Lipinski definition) is 2. The molecule has 1 heterocycles. The van der Waals surface area contributed by atoms with Gasteiger partial charge in [-0.2, -0.15) is 13.2 Å². The summed E-state index contributed by atoms with van der Waals surface area (Å²) in [5.74, 6) is -1.44. The zero-order chi connectivity index (χ0) is 20.5. The minimum absolute atomic E-state index is 0.0311. The predicted octanol–water partition coefficient (Wildman–Crippen LogP) is 5.91. The van der Waals surface area contributed by atoms with Gasteiger partial charge in [-0.05, 0) is 48.5 Å². The van der Waals surface area contributed by atoms with E-state index in [-0.39, 0.29) is 32.8 Å². The van der Waals surface area contributed by atoms with E-state index < -0.39 is 17.8 Å². The molecular weight excluding hydrogens is 418 g/mol. The molecule has 10 heteroatoms. The van der Waals surface area contributed by atoms with Gasteiger partial charge in [0, 0.05) is 21.3 Å². The van der Waals surface area contributed by atoms with Gasteiger partial charge in [-0.15, -0.1) is 0 Å². The summed E-state index contributed by atoms with van der Waals surface area (Å²) >= 11 is 11.9. The van der Waals surface area contributed by atoms with Crippen LogP contribution in [0.15, 0.2) is 48.5 Å². The van der Waals surface area contributed by atoms with Crippen molar-refractivity contribution in [3.05, 3.63) is 69.8 Å². The summed E-state index contributed by atoms with van der Waals surface area (Å²) in [7, 11) is 0. The van der Waals surface area contributed by atoms with Gasteiger partial charge in [0.05, 0.1) is 11.3 Å². The number of hydrogen-bond acceptors (Lipinski definition) is 4. The highest BCUT2D eigenvalue weighted by molar-refractivity contribution is 6.35. The zero-order valence-electron chi connectivity index (χ0n) is 13.8. The number of rotatable bonds is 4. The molecule has 0 radical (unpaired) electrons. The van der Waals surface area contributed by atoms with Crippen molar-refractivity contribution in [1.29, 1.82) is 0 Å². The molecule has 5 nitrogen and oxygen atoms in total. The number of alkyl halides is 3. The first kappa shape index (κ1) is 19.9. The number of carbonyl (C=O) groups is 1. The number of carboxylic acids is 1. The smallest absolute Gasteiger partial charge is 0.433 e. The number of nitrogens with zero attached hydrogens (tertiary/aromatic N) is 2. The molecular formula is C18H10Cl2F3N3O2. The maximum Gasteiger partial charge on any atom is 0.433 e. The molecule has 144 valence electrons. The first-order chi connectivity index (χ1) is 13.1. The molecule has 0 saturated heterocycles. The minimum atomic E-state index is -4.70. The largest absolute Gasteiger partial charge is 0.478 e. The molecule has 0 aliphatic rings. The van der Waals surface area contributed by atoms with Crippen LogP contribution < -0.4 is 5.32 Å². The third-order valence-electron chi connectivity index (χ3n) is 3.56. The molecule has 0 unspecified atom stereocenters. The van der Waals surface area contributed by atoms with Crippen molar-refractivity contribution in [2.45, 2.75) is 6.18 Å². The number of benzene rings is 2. The highest BCUT2D eigenvalue weighted by Crippen LogP contribution is 2.33. The molecule has 0 atom stereocenters. The van der Waals surface area contributed by atoms with E-state index in [0.717, 1.165) is 6.07 Å². The lowest BCUT2D eigenvalue weighted by atomic mass is 10.1. The van der Waals surface area contributed by atoms with Crippen LogP contribution in [0.1, 0.15) is 16.1 Å². The van der Waals surface area contributed by atoms with Gasteiger partial charge in [0.15, 0.2) is 5.69 Å². The Morgan fingerprint density at radius 2 is 1.57 bits per heavy atom. The van der Waals surface area contributed by atoms with Crippen LogP contribution in [-0.4, -0.2) is 21.0 Å². The fourth-order valence-electron chi connectivity index (χ4n) is 2.32. The molecule has 0 spiro atoms. The Bertz CT molecular complexity index is 1020. The molecule has 0 aliphatic carbocycles. The second kappa shape index (κ2) is 7.65. The highest BCUT2D eigenvalue weighted by atomic mass is 35.5. The summed E-state index contributed by atoms with van der Waals surface area (Å²) in [5.41, 5.74) is -0.548. The standard InChI is InChI=1S/C18H10Cl2F3N3O2/c19-11-5-10(6-12(20)7-11)14-8-15(18(21,22)23)26-17(25-14)24-13-3-1-9(2-4-13)16(27)28/h1-8H,(H,27,28)(H,24,25,26). The Kier molecular flexibility index (Phi) is 5.44. The summed E-state index contributed by atoms with van der Waals surface area (Å²) in [4.78, 5) is 18.5. The van der Waals surface area contributed by atoms with Crippen LogP contribution in [0.4, 0.5) is 24.8 Å². The molecule has 1 aromatic heterocycles. The minimum Gasteiger partial charge on any atom is -0.478 e. The van der Waals surface area contributed by atoms with E-state index in [4.69, 9.17) is 28.3 Å². The maximum absolute atomic E-state index is 13.3. The van der Waals surface area contributed by atoms with Crippen LogP contribution in [0.2, 0.25) is 10.0 Å². The number of nitrogens with one attached hydrogen (secondary N) is 1. The van der Waals surface area contributed by atoms with Gasteiger partial charge >= 0.3 is 12.1 Å². The van der Waals surface area contributed by atoms with Gasteiger partial charge in [-0.3, -0.25) is 0 Å². The number of aromatic nitrogens is 2. The van der Waals surface area contributed by atoms with Crippen LogP contribution >= 0.6 is 23.2 Å². The van der Waals surface area contributed by atoms with Crippen molar-refractivity contribution in [3.63, 3.8) is 0 Å². The van der Waals surface area contributed by atoms with Crippen LogP contribution in [0.5, 0.6) is 0 Å². The Balaban J connectivity index is 2.04. The molecule has 2 N–H and O–H groups in total. The SMILES string of the molecule is O=C(O)c1ccc(Nc2nc(-c3cc(Cl)cc(Cl)c3)cc(C(F)(F)F)n2)cc1. The Morgan fingerprint density at radius 3 is 2.11 bits per heavy atom. The molecule has 0 amide bonds. The van der Waals surface area contributed by atoms with Crippen molar-refractivity contribution < 1.29 is 23.1 Å². The van der Waals surface area contributed by atoms with Crippen molar-refractivity contribution in [2.24, 2.45) is 0 Å². The van der Waals surface area contributed by atoms with Crippen LogP contribution in [-0.2, 0) is 6.18 Å². The second-order valence-corrected chi connectivity index (χ2v) is 6.50. The van der Waals surface area contributed by atoms with E-state index >= 15 is 0 Å². The van der Waals surface area contributed by atoms with Gasteiger partial charge in [0.25, 0.3) is 0 Å². The average Bonchev–Trinajstić information content (AvgIpc) is 2.60. The fourth-order valence-corrected chi connectivity index (χ4v) is 2.85. The summed E-state index contributed by atoms with van der Waals surface area (Å²) in [5, 5.41) is 12.0. The van der Waals surface area contributed by atoms with Crippen molar-refractivity contribution in [3.8, 4) is 11.3 Å². The van der Waals surface area contributed by atoms with Crippen molar-refractivity contribution in [2.75, 3.05) is 5.32 Å². The normalized spacial score (nSPS) is 11.3. The molecule has 0 bridgehead atoms. The van der Waals surface area contributed by atoms with Gasteiger partial charge in [-0.1, -0.05) is 23.2 Å². The molecule has 2 aromatic carbocycles. The monoisotopic (exact) mass is 427 g/mol. The van der Waals surface area contributed by atoms with Crippen molar-refractivity contribution >= 4 is 40.8 Å². The van der Waals surface area contributed by atoms with E-state index in [2.05, 4.69) is 15.3 Å². The Morgan fingerprint density at radius 1 is 0.964 bits per heavy atom. The summed E-state index contributed by atoms with van der Waals surface area (Å²) < 4.78 is 39.8. The lowest BCUT2D eigenvalue weighted by Crippen LogP contribution is -2.11. The molecule has 0 saturated carbocycles. The van der Waals surface area contributed by atoms with Gasteiger partial charge in [0.1, 0.15) is 0 Å². The Labute approximate surface area is 166 Å². The lowest BCUT2D eigenvalue weighted by molar-refractivity contribution is -0.141. The summed E-state index contributed by atoms with van der Waals surface area (Å²) in [6.07, 6.45) is -4.70. The molecule has 0 aliphatic heterocycles. The third-order valence-corrected chi connectivity index (χ3v) is 4.00. The van der Waals surface area contributed by atoms with E-state index in [1.807, 2.05) is 0 Å². The molecule has 0 fully saturated rings. The predicted molar refractivity (Wildman–Crippen MR) is 99.2 cm³/mol. The first-order valence-corrected chi connectivity index (χ1v) is 8.40. The van der Waals surface area contributed by atoms with E-state index in [0.29, 0.717) is 5.69 Å². The van der Waals surface area contributed by atoms with Crippen molar-refractivity contribution in [1.82, 2.24) is 9.97 Å². The van der Waals surface area contributed by atoms with Crippen LogP contribution in [0.25, 0.3) is 11.3 Å². The number of anilines is 2. The third kappa shape index (κ3) is 4.71. The lowest BCUT2D eigenvalue weighted by Gasteiger charge is -2.12. The number of carboxylic acid groups (broad SMARTS) is 1. The van der Waals surface area contributed by atoms with E-state index in [1.165, 1.54) is 42.5 Å². The summed E-state index contributed by atoms with van der Waals surface area (Å²) in [6.45, 7) is 0. The topological polar surface area (TPSA) is 75.1 Å². The fraction of sp³-hybridized carbons (Fsp3) is 0.0556. The van der Waals surface area contributed by atoms with Crippen LogP contribution in [0, 0.1) is 0 Å². The van der Waals surface area contributed by atoms with Gasteiger partial charge in [-0.25, -0.2) is 14.8 Å². The van der Waals surface area contributed by atoms with Gasteiger partial charge in [0.2, 0.25) is 5.95 Å². The second-order valence-electron chi connectivity index (χ2n) is 5.63. The van der Waals surface area contributed by atoms with Crippen LogP contribution in [0.3, 0.4) is 0 Å². The molecule has 3 rings (SSSR count). The first-order valence-electron chi connectivity index (χ1n) is 7.65. The Hall–Kier alpha value is -2.84. The number of aromatic carboxylic acids is 1. The quantitative estimate of drug-likeness (QED) is 0.541. The highest BCUT2D eigenvalue weighted by Gasteiger charge is 2.34. The average molecular weight is 428 g/mol. The van der Waals surface area contributed by atoms with Gasteiger partial charge < -0.3 is 10.4 Å². The van der Waals surface area contributed by atoms with E-state index in [1.54, 1.807) is 0 Å². The number of halogens is 5. The molecule has 3 aromatic rings. The van der Waals surface area contributed by atoms with E-state index in [9.17, 15) is 18.0 Å².